The molecule has 2 aliphatic heterocycles. The number of likely N-dealkylation sites (tertiary alicyclic amines) is 1. The summed E-state index contributed by atoms with van der Waals surface area (Å²) in [6.45, 7) is 4.33. The molecule has 2 unspecified atom stereocenters. The minimum absolute atomic E-state index is 0.00964. The second-order valence-corrected chi connectivity index (χ2v) is 6.11. The third-order valence-corrected chi connectivity index (χ3v) is 4.68. The first kappa shape index (κ1) is 14.1. The molecule has 5 nitrogen and oxygen atoms in total. The van der Waals surface area contributed by atoms with Crippen LogP contribution < -0.4 is 11.1 Å². The summed E-state index contributed by atoms with van der Waals surface area (Å²) in [4.78, 5) is 25.9. The number of benzene rings is 1. The topological polar surface area (TPSA) is 75.4 Å². The predicted octanol–water partition coefficient (Wildman–Crippen LogP) is 1.24. The molecule has 1 fully saturated rings. The second kappa shape index (κ2) is 5.48. The lowest BCUT2D eigenvalue weighted by molar-refractivity contribution is -0.115. The normalized spacial score (nSPS) is 24.7. The van der Waals surface area contributed by atoms with Crippen molar-refractivity contribution < 1.29 is 9.59 Å². The van der Waals surface area contributed by atoms with Crippen LogP contribution in [-0.2, 0) is 11.2 Å². The summed E-state index contributed by atoms with van der Waals surface area (Å²) < 4.78 is 0. The van der Waals surface area contributed by atoms with Gasteiger partial charge in [0, 0.05) is 24.3 Å². The smallest absolute Gasteiger partial charge is 0.253 e. The molecule has 0 radical (unpaired) electrons. The van der Waals surface area contributed by atoms with Crippen LogP contribution in [0.25, 0.3) is 0 Å². The molecule has 1 aromatic rings. The van der Waals surface area contributed by atoms with Gasteiger partial charge >= 0.3 is 0 Å². The van der Waals surface area contributed by atoms with Gasteiger partial charge in [-0.1, -0.05) is 6.92 Å². The number of hydrogen-bond acceptors (Lipinski definition) is 3. The molecular weight excluding hydrogens is 266 g/mol. The number of amides is 2. The quantitative estimate of drug-likeness (QED) is 0.859. The van der Waals surface area contributed by atoms with Crippen molar-refractivity contribution in [3.63, 3.8) is 0 Å². The van der Waals surface area contributed by atoms with Crippen LogP contribution >= 0.6 is 0 Å². The maximum atomic E-state index is 12.6. The van der Waals surface area contributed by atoms with Crippen LogP contribution in [0.1, 0.15) is 29.3 Å². The summed E-state index contributed by atoms with van der Waals surface area (Å²) in [7, 11) is 0. The number of nitrogens with zero attached hydrogens (tertiary/aromatic N) is 1. The SMILES string of the molecule is CC1CCN(C(=O)c2ccc3c(c2)CC(=O)N3)CC1CN. The van der Waals surface area contributed by atoms with Gasteiger partial charge in [0.25, 0.3) is 5.91 Å². The van der Waals surface area contributed by atoms with Crippen LogP contribution in [0, 0.1) is 11.8 Å². The van der Waals surface area contributed by atoms with Gasteiger partial charge in [0.1, 0.15) is 0 Å². The first-order valence-corrected chi connectivity index (χ1v) is 7.50. The molecule has 2 aliphatic rings. The van der Waals surface area contributed by atoms with Gasteiger partial charge in [0.05, 0.1) is 6.42 Å². The van der Waals surface area contributed by atoms with E-state index in [2.05, 4.69) is 12.2 Å². The van der Waals surface area contributed by atoms with Crippen molar-refractivity contribution in [2.75, 3.05) is 25.0 Å². The van der Waals surface area contributed by atoms with Crippen LogP contribution in [0.3, 0.4) is 0 Å². The van der Waals surface area contributed by atoms with Gasteiger partial charge in [0.15, 0.2) is 0 Å². The van der Waals surface area contributed by atoms with Crippen LogP contribution in [0.2, 0.25) is 0 Å². The van der Waals surface area contributed by atoms with Gasteiger partial charge in [-0.2, -0.15) is 0 Å². The molecule has 1 saturated heterocycles. The van der Waals surface area contributed by atoms with Crippen LogP contribution in [0.5, 0.6) is 0 Å². The zero-order chi connectivity index (χ0) is 15.0. The molecule has 3 N–H and O–H groups in total. The molecule has 1 aromatic carbocycles. The van der Waals surface area contributed by atoms with Crippen molar-refractivity contribution in [2.45, 2.75) is 19.8 Å². The minimum atomic E-state index is -0.00964. The van der Waals surface area contributed by atoms with Gasteiger partial charge < -0.3 is 16.0 Å². The average molecular weight is 287 g/mol. The summed E-state index contributed by atoms with van der Waals surface area (Å²) in [6.07, 6.45) is 1.36. The zero-order valence-corrected chi connectivity index (χ0v) is 12.3. The predicted molar refractivity (Wildman–Crippen MR) is 81.0 cm³/mol. The van der Waals surface area contributed by atoms with E-state index < -0.39 is 0 Å². The molecule has 112 valence electrons. The molecule has 2 amide bonds. The maximum Gasteiger partial charge on any atom is 0.253 e. The van der Waals surface area contributed by atoms with Gasteiger partial charge in [-0.3, -0.25) is 9.59 Å². The fourth-order valence-corrected chi connectivity index (χ4v) is 3.19. The lowest BCUT2D eigenvalue weighted by Crippen LogP contribution is -2.45. The van der Waals surface area contributed by atoms with Crippen LogP contribution in [-0.4, -0.2) is 36.3 Å². The Kier molecular flexibility index (Phi) is 3.68. The number of nitrogens with one attached hydrogen (secondary N) is 1. The highest BCUT2D eigenvalue weighted by Gasteiger charge is 2.29. The van der Waals surface area contributed by atoms with Crippen molar-refractivity contribution in [2.24, 2.45) is 17.6 Å². The molecule has 0 saturated carbocycles. The lowest BCUT2D eigenvalue weighted by atomic mass is 9.87. The van der Waals surface area contributed by atoms with Gasteiger partial charge in [-0.25, -0.2) is 0 Å². The second-order valence-electron chi connectivity index (χ2n) is 6.11. The maximum absolute atomic E-state index is 12.6. The first-order valence-electron chi connectivity index (χ1n) is 7.50. The Hall–Kier alpha value is -1.88. The van der Waals surface area contributed by atoms with Crippen LogP contribution in [0.4, 0.5) is 5.69 Å². The fourth-order valence-electron chi connectivity index (χ4n) is 3.19. The molecule has 2 heterocycles. The molecule has 21 heavy (non-hydrogen) atoms. The summed E-state index contributed by atoms with van der Waals surface area (Å²) in [6, 6.07) is 5.45. The Balaban J connectivity index is 1.77. The Morgan fingerprint density at radius 3 is 3.05 bits per heavy atom. The van der Waals surface area contributed by atoms with E-state index in [0.29, 0.717) is 30.4 Å². The highest BCUT2D eigenvalue weighted by molar-refractivity contribution is 6.01. The van der Waals surface area contributed by atoms with Gasteiger partial charge in [-0.05, 0) is 48.6 Å². The largest absolute Gasteiger partial charge is 0.338 e. The summed E-state index contributed by atoms with van der Waals surface area (Å²) in [5, 5.41) is 2.78. The Labute approximate surface area is 124 Å². The lowest BCUT2D eigenvalue weighted by Gasteiger charge is -2.36. The Bertz CT molecular complexity index is 585. The number of hydrogen-bond donors (Lipinski definition) is 2. The monoisotopic (exact) mass is 287 g/mol. The number of piperidine rings is 1. The van der Waals surface area contributed by atoms with E-state index in [1.807, 2.05) is 17.0 Å². The Morgan fingerprint density at radius 1 is 1.48 bits per heavy atom. The van der Waals surface area contributed by atoms with E-state index in [0.717, 1.165) is 30.8 Å². The molecular formula is C16H21N3O2. The number of carbonyl (C=O) groups is 2. The third-order valence-electron chi connectivity index (χ3n) is 4.68. The van der Waals surface area contributed by atoms with E-state index in [1.54, 1.807) is 6.07 Å². The molecule has 3 rings (SSSR count). The third kappa shape index (κ3) is 2.65. The summed E-state index contributed by atoms with van der Waals surface area (Å²) >= 11 is 0. The van der Waals surface area contributed by atoms with Crippen molar-refractivity contribution >= 4 is 17.5 Å². The number of nitrogens with two attached hydrogens (primary N) is 1. The number of carbonyl (C=O) groups excluding carboxylic acids is 2. The van der Waals surface area contributed by atoms with Crippen molar-refractivity contribution in [3.8, 4) is 0 Å². The van der Waals surface area contributed by atoms with E-state index in [1.165, 1.54) is 0 Å². The van der Waals surface area contributed by atoms with Gasteiger partial charge in [-0.15, -0.1) is 0 Å². The summed E-state index contributed by atoms with van der Waals surface area (Å²) in [5.41, 5.74) is 8.19. The molecule has 5 heteroatoms. The van der Waals surface area contributed by atoms with E-state index >= 15 is 0 Å². The highest BCUT2D eigenvalue weighted by atomic mass is 16.2. The number of anilines is 1. The fraction of sp³-hybridized carbons (Fsp3) is 0.500. The highest BCUT2D eigenvalue weighted by Crippen LogP contribution is 2.27. The first-order chi connectivity index (χ1) is 10.1. The molecule has 0 bridgehead atoms. The molecule has 0 aliphatic carbocycles. The molecule has 0 spiro atoms. The Morgan fingerprint density at radius 2 is 2.29 bits per heavy atom. The standard InChI is InChI=1S/C16H21N3O2/c1-10-4-5-19(9-13(10)8-17)16(21)11-2-3-14-12(6-11)7-15(20)18-14/h2-3,6,10,13H,4-5,7-9,17H2,1H3,(H,18,20). The number of rotatable bonds is 2. The van der Waals surface area contributed by atoms with Crippen molar-refractivity contribution in [1.29, 1.82) is 0 Å². The van der Waals surface area contributed by atoms with Crippen LogP contribution in [0.15, 0.2) is 18.2 Å². The van der Waals surface area contributed by atoms with Crippen molar-refractivity contribution in [1.82, 2.24) is 4.90 Å². The van der Waals surface area contributed by atoms with E-state index in [-0.39, 0.29) is 11.8 Å². The minimum Gasteiger partial charge on any atom is -0.338 e. The van der Waals surface area contributed by atoms with Gasteiger partial charge in [0.2, 0.25) is 5.91 Å². The van der Waals surface area contributed by atoms with Crippen molar-refractivity contribution in [3.05, 3.63) is 29.3 Å². The number of fused-ring (bicyclic) bond motifs is 1. The summed E-state index contributed by atoms with van der Waals surface area (Å²) in [5.74, 6) is 0.980. The van der Waals surface area contributed by atoms with E-state index in [4.69, 9.17) is 5.73 Å². The zero-order valence-electron chi connectivity index (χ0n) is 12.3. The molecule has 2 atom stereocenters. The van der Waals surface area contributed by atoms with E-state index in [9.17, 15) is 9.59 Å². The molecule has 0 aromatic heterocycles. The average Bonchev–Trinajstić information content (AvgIpc) is 2.86.